The molecule has 0 spiro atoms. The molecule has 0 aromatic carbocycles. The number of nitrogens with two attached hydrogens (primary N) is 1. The van der Waals surface area contributed by atoms with Gasteiger partial charge < -0.3 is 11.1 Å². The summed E-state index contributed by atoms with van der Waals surface area (Å²) >= 11 is 0. The lowest BCUT2D eigenvalue weighted by Gasteiger charge is -2.21. The van der Waals surface area contributed by atoms with Gasteiger partial charge in [0.15, 0.2) is 0 Å². The summed E-state index contributed by atoms with van der Waals surface area (Å²) in [6.45, 7) is 0.875. The molecule has 3 N–H and O–H groups in total. The monoisotopic (exact) mass is 274 g/mol. The smallest absolute Gasteiger partial charge is 0.258 e. The van der Waals surface area contributed by atoms with Crippen molar-refractivity contribution in [3.05, 3.63) is 12.7 Å². The number of hydrogen-bond acceptors (Lipinski definition) is 7. The minimum atomic E-state index is 0.177. The van der Waals surface area contributed by atoms with Gasteiger partial charge in [-0.3, -0.25) is 0 Å². The second kappa shape index (κ2) is 5.81. The lowest BCUT2D eigenvalue weighted by molar-refractivity contribution is 0.373. The Bertz CT molecular complexity index is 547. The first-order chi connectivity index (χ1) is 9.81. The van der Waals surface area contributed by atoms with Crippen LogP contribution in [-0.4, -0.2) is 36.3 Å². The zero-order valence-corrected chi connectivity index (χ0v) is 11.2. The molecule has 0 amide bonds. The highest BCUT2D eigenvalue weighted by Crippen LogP contribution is 2.23. The van der Waals surface area contributed by atoms with Crippen LogP contribution in [-0.2, 0) is 0 Å². The van der Waals surface area contributed by atoms with Gasteiger partial charge in [0, 0.05) is 6.54 Å². The fourth-order valence-corrected chi connectivity index (χ4v) is 2.50. The van der Waals surface area contributed by atoms with E-state index >= 15 is 0 Å². The van der Waals surface area contributed by atoms with E-state index in [-0.39, 0.29) is 5.95 Å². The summed E-state index contributed by atoms with van der Waals surface area (Å²) < 4.78 is 1.46. The van der Waals surface area contributed by atoms with Gasteiger partial charge in [-0.15, -0.1) is 0 Å². The van der Waals surface area contributed by atoms with Crippen LogP contribution in [0.5, 0.6) is 0 Å². The van der Waals surface area contributed by atoms with Crippen molar-refractivity contribution >= 4 is 11.9 Å². The summed E-state index contributed by atoms with van der Waals surface area (Å²) in [6, 6.07) is 0. The molecule has 0 aliphatic heterocycles. The lowest BCUT2D eigenvalue weighted by atomic mass is 9.89. The van der Waals surface area contributed by atoms with Crippen LogP contribution in [0.15, 0.2) is 12.7 Å². The third kappa shape index (κ3) is 3.01. The number of aromatic nitrogens is 6. The van der Waals surface area contributed by atoms with Crippen molar-refractivity contribution in [2.45, 2.75) is 32.1 Å². The third-order valence-corrected chi connectivity index (χ3v) is 3.54. The quantitative estimate of drug-likeness (QED) is 0.857. The van der Waals surface area contributed by atoms with E-state index in [1.807, 2.05) is 0 Å². The van der Waals surface area contributed by atoms with Crippen LogP contribution in [0.2, 0.25) is 0 Å². The Kier molecular flexibility index (Phi) is 3.71. The van der Waals surface area contributed by atoms with Gasteiger partial charge in [0.25, 0.3) is 5.95 Å². The number of nitrogens with zero attached hydrogens (tertiary/aromatic N) is 6. The third-order valence-electron chi connectivity index (χ3n) is 3.54. The first-order valence-corrected chi connectivity index (χ1v) is 6.92. The molecule has 3 rings (SSSR count). The average molecular weight is 274 g/mol. The molecule has 1 aliphatic rings. The van der Waals surface area contributed by atoms with Crippen LogP contribution in [0.1, 0.15) is 32.1 Å². The van der Waals surface area contributed by atoms with Crippen molar-refractivity contribution in [3.63, 3.8) is 0 Å². The maximum absolute atomic E-state index is 5.71. The van der Waals surface area contributed by atoms with Crippen LogP contribution >= 0.6 is 0 Å². The lowest BCUT2D eigenvalue weighted by Crippen LogP contribution is -2.19. The minimum absolute atomic E-state index is 0.177. The largest absolute Gasteiger partial charge is 0.368 e. The van der Waals surface area contributed by atoms with Crippen molar-refractivity contribution in [2.24, 2.45) is 5.92 Å². The van der Waals surface area contributed by atoms with Gasteiger partial charge in [-0.1, -0.05) is 19.3 Å². The molecule has 8 heteroatoms. The summed E-state index contributed by atoms with van der Waals surface area (Å²) in [5.74, 6) is 1.74. The Hall–Kier alpha value is -2.25. The van der Waals surface area contributed by atoms with Crippen LogP contribution in [0.3, 0.4) is 0 Å². The van der Waals surface area contributed by atoms with Crippen molar-refractivity contribution in [1.82, 2.24) is 29.7 Å². The fourth-order valence-electron chi connectivity index (χ4n) is 2.50. The normalized spacial score (nSPS) is 16.2. The van der Waals surface area contributed by atoms with E-state index in [1.54, 1.807) is 0 Å². The highest BCUT2D eigenvalue weighted by atomic mass is 15.4. The second-order valence-electron chi connectivity index (χ2n) is 5.04. The standard InChI is InChI=1S/C12H18N8/c13-10-17-11(15-6-9-4-2-1-3-5-9)19-12(18-10)20-8-14-7-16-20/h7-9H,1-6H2,(H3,13,15,17,18,19). The summed E-state index contributed by atoms with van der Waals surface area (Å²) in [5.41, 5.74) is 5.71. The zero-order valence-electron chi connectivity index (χ0n) is 11.2. The predicted octanol–water partition coefficient (Wildman–Crippen LogP) is 1.03. The van der Waals surface area contributed by atoms with Gasteiger partial charge in [0.1, 0.15) is 12.7 Å². The first kappa shape index (κ1) is 12.8. The van der Waals surface area contributed by atoms with Crippen molar-refractivity contribution in [1.29, 1.82) is 0 Å². The Morgan fingerprint density at radius 1 is 1.20 bits per heavy atom. The van der Waals surface area contributed by atoms with E-state index in [9.17, 15) is 0 Å². The molecule has 0 bridgehead atoms. The number of nitrogen functional groups attached to an aromatic ring is 1. The molecule has 1 aliphatic carbocycles. The van der Waals surface area contributed by atoms with Gasteiger partial charge in [-0.25, -0.2) is 4.98 Å². The van der Waals surface area contributed by atoms with Crippen LogP contribution in [0.25, 0.3) is 5.95 Å². The molecule has 0 saturated heterocycles. The number of anilines is 2. The van der Waals surface area contributed by atoms with Crippen LogP contribution in [0, 0.1) is 5.92 Å². The van der Waals surface area contributed by atoms with E-state index in [1.165, 1.54) is 49.4 Å². The molecule has 8 nitrogen and oxygen atoms in total. The van der Waals surface area contributed by atoms with Gasteiger partial charge in [0.2, 0.25) is 11.9 Å². The maximum atomic E-state index is 5.71. The molecular weight excluding hydrogens is 256 g/mol. The molecule has 2 aromatic heterocycles. The van der Waals surface area contributed by atoms with Gasteiger partial charge in [-0.05, 0) is 18.8 Å². The molecule has 1 saturated carbocycles. The molecule has 20 heavy (non-hydrogen) atoms. The van der Waals surface area contributed by atoms with Crippen molar-refractivity contribution in [2.75, 3.05) is 17.6 Å². The van der Waals surface area contributed by atoms with Crippen molar-refractivity contribution in [3.8, 4) is 5.95 Å². The topological polar surface area (TPSA) is 107 Å². The van der Waals surface area contributed by atoms with Gasteiger partial charge >= 0.3 is 0 Å². The Morgan fingerprint density at radius 3 is 2.80 bits per heavy atom. The molecule has 0 unspecified atom stereocenters. The molecular formula is C12H18N8. The average Bonchev–Trinajstić information content (AvgIpc) is 3.00. The highest BCUT2D eigenvalue weighted by Gasteiger charge is 2.14. The van der Waals surface area contributed by atoms with E-state index in [0.717, 1.165) is 6.54 Å². The maximum Gasteiger partial charge on any atom is 0.258 e. The van der Waals surface area contributed by atoms with Crippen molar-refractivity contribution < 1.29 is 0 Å². The van der Waals surface area contributed by atoms with E-state index in [2.05, 4.69) is 30.4 Å². The molecule has 0 radical (unpaired) electrons. The van der Waals surface area contributed by atoms with Gasteiger partial charge in [-0.2, -0.15) is 24.7 Å². The van der Waals surface area contributed by atoms with Crippen LogP contribution < -0.4 is 11.1 Å². The van der Waals surface area contributed by atoms with E-state index < -0.39 is 0 Å². The highest BCUT2D eigenvalue weighted by molar-refractivity contribution is 5.34. The number of hydrogen-bond donors (Lipinski definition) is 2. The van der Waals surface area contributed by atoms with Gasteiger partial charge in [0.05, 0.1) is 0 Å². The minimum Gasteiger partial charge on any atom is -0.368 e. The summed E-state index contributed by atoms with van der Waals surface area (Å²) in [6.07, 6.45) is 9.47. The fraction of sp³-hybridized carbons (Fsp3) is 0.583. The zero-order chi connectivity index (χ0) is 13.8. The predicted molar refractivity (Wildman–Crippen MR) is 74.2 cm³/mol. The Morgan fingerprint density at radius 2 is 2.05 bits per heavy atom. The van der Waals surface area contributed by atoms with E-state index in [0.29, 0.717) is 17.8 Å². The molecule has 2 heterocycles. The summed E-state index contributed by atoms with van der Waals surface area (Å²) in [4.78, 5) is 16.3. The van der Waals surface area contributed by atoms with Crippen LogP contribution in [0.4, 0.5) is 11.9 Å². The second-order valence-corrected chi connectivity index (χ2v) is 5.04. The Balaban J connectivity index is 1.69. The first-order valence-electron chi connectivity index (χ1n) is 6.92. The SMILES string of the molecule is Nc1nc(NCC2CCCCC2)nc(-n2cncn2)n1. The molecule has 106 valence electrons. The summed E-state index contributed by atoms with van der Waals surface area (Å²) in [7, 11) is 0. The number of rotatable bonds is 4. The molecule has 0 atom stereocenters. The Labute approximate surface area is 116 Å². The molecule has 1 fully saturated rings. The number of nitrogens with one attached hydrogen (secondary N) is 1. The van der Waals surface area contributed by atoms with E-state index in [4.69, 9.17) is 5.73 Å². The summed E-state index contributed by atoms with van der Waals surface area (Å²) in [5, 5.41) is 7.24. The molecule has 2 aromatic rings.